The number of hydrogen-bond acceptors (Lipinski definition) is 5. The molecular weight excluding hydrogens is 310 g/mol. The SMILES string of the molecule is COc1ccc(C)cc1COC(=O)COc1ccccc1C(N)=O. The molecule has 0 radical (unpaired) electrons. The van der Waals surface area contributed by atoms with Gasteiger partial charge in [0, 0.05) is 5.56 Å². The number of amides is 1. The van der Waals surface area contributed by atoms with Gasteiger partial charge in [0.1, 0.15) is 18.1 Å². The maximum atomic E-state index is 11.9. The van der Waals surface area contributed by atoms with Gasteiger partial charge in [-0.05, 0) is 31.2 Å². The van der Waals surface area contributed by atoms with Crippen molar-refractivity contribution in [3.63, 3.8) is 0 Å². The van der Waals surface area contributed by atoms with E-state index in [9.17, 15) is 9.59 Å². The van der Waals surface area contributed by atoms with Gasteiger partial charge in [-0.25, -0.2) is 4.79 Å². The number of carbonyl (C=O) groups excluding carboxylic acids is 2. The Bertz CT molecular complexity index is 742. The summed E-state index contributed by atoms with van der Waals surface area (Å²) in [7, 11) is 1.56. The van der Waals surface area contributed by atoms with E-state index in [-0.39, 0.29) is 24.5 Å². The van der Waals surface area contributed by atoms with Crippen molar-refractivity contribution in [2.24, 2.45) is 5.73 Å². The summed E-state index contributed by atoms with van der Waals surface area (Å²) in [6, 6.07) is 12.1. The molecule has 1 amide bonds. The van der Waals surface area contributed by atoms with Crippen LogP contribution in [0.15, 0.2) is 42.5 Å². The van der Waals surface area contributed by atoms with Gasteiger partial charge in [0.25, 0.3) is 5.91 Å². The monoisotopic (exact) mass is 329 g/mol. The molecule has 0 aliphatic carbocycles. The first-order valence-electron chi connectivity index (χ1n) is 7.32. The molecule has 6 heteroatoms. The molecule has 0 saturated carbocycles. The molecule has 0 spiro atoms. The van der Waals surface area contributed by atoms with Gasteiger partial charge < -0.3 is 19.9 Å². The molecule has 6 nitrogen and oxygen atoms in total. The van der Waals surface area contributed by atoms with Crippen LogP contribution in [-0.2, 0) is 16.1 Å². The second kappa shape index (κ2) is 8.01. The summed E-state index contributed by atoms with van der Waals surface area (Å²) < 4.78 is 15.7. The van der Waals surface area contributed by atoms with Gasteiger partial charge in [0.2, 0.25) is 0 Å². The molecule has 24 heavy (non-hydrogen) atoms. The highest BCUT2D eigenvalue weighted by Crippen LogP contribution is 2.21. The molecule has 2 N–H and O–H groups in total. The second-order valence-electron chi connectivity index (χ2n) is 5.13. The van der Waals surface area contributed by atoms with Crippen LogP contribution in [0, 0.1) is 6.92 Å². The van der Waals surface area contributed by atoms with E-state index in [2.05, 4.69) is 0 Å². The van der Waals surface area contributed by atoms with E-state index in [0.717, 1.165) is 11.1 Å². The lowest BCUT2D eigenvalue weighted by Gasteiger charge is -2.11. The first kappa shape index (κ1) is 17.3. The van der Waals surface area contributed by atoms with E-state index in [1.54, 1.807) is 25.3 Å². The van der Waals surface area contributed by atoms with Crippen molar-refractivity contribution in [1.29, 1.82) is 0 Å². The molecule has 0 atom stereocenters. The lowest BCUT2D eigenvalue weighted by Crippen LogP contribution is -2.18. The Labute approximate surface area is 140 Å². The maximum Gasteiger partial charge on any atom is 0.344 e. The van der Waals surface area contributed by atoms with Crippen molar-refractivity contribution in [3.8, 4) is 11.5 Å². The summed E-state index contributed by atoms with van der Waals surface area (Å²) >= 11 is 0. The van der Waals surface area contributed by atoms with Gasteiger partial charge >= 0.3 is 5.97 Å². The minimum absolute atomic E-state index is 0.0739. The smallest absolute Gasteiger partial charge is 0.344 e. The molecular formula is C18H19NO5. The maximum absolute atomic E-state index is 11.9. The number of aryl methyl sites for hydroxylation is 1. The molecule has 0 aliphatic heterocycles. The van der Waals surface area contributed by atoms with Crippen LogP contribution in [0.2, 0.25) is 0 Å². The molecule has 2 rings (SSSR count). The van der Waals surface area contributed by atoms with Gasteiger partial charge in [-0.15, -0.1) is 0 Å². The molecule has 0 aromatic heterocycles. The van der Waals surface area contributed by atoms with E-state index in [1.165, 1.54) is 6.07 Å². The van der Waals surface area contributed by atoms with Crippen molar-refractivity contribution in [2.75, 3.05) is 13.7 Å². The van der Waals surface area contributed by atoms with Crippen molar-refractivity contribution >= 4 is 11.9 Å². The number of hydrogen-bond donors (Lipinski definition) is 1. The summed E-state index contributed by atoms with van der Waals surface area (Å²) in [5, 5.41) is 0. The largest absolute Gasteiger partial charge is 0.496 e. The van der Waals surface area contributed by atoms with Gasteiger partial charge in [-0.1, -0.05) is 23.8 Å². The first-order valence-corrected chi connectivity index (χ1v) is 7.32. The second-order valence-corrected chi connectivity index (χ2v) is 5.13. The molecule has 0 fully saturated rings. The Balaban J connectivity index is 1.93. The number of carbonyl (C=O) groups is 2. The Morgan fingerprint density at radius 3 is 2.54 bits per heavy atom. The zero-order valence-electron chi connectivity index (χ0n) is 13.6. The van der Waals surface area contributed by atoms with E-state index in [0.29, 0.717) is 5.75 Å². The predicted octanol–water partition coefficient (Wildman–Crippen LogP) is 2.22. The van der Waals surface area contributed by atoms with Gasteiger partial charge in [0.15, 0.2) is 6.61 Å². The van der Waals surface area contributed by atoms with E-state index >= 15 is 0 Å². The fourth-order valence-corrected chi connectivity index (χ4v) is 2.15. The summed E-state index contributed by atoms with van der Waals surface area (Å²) in [4.78, 5) is 23.1. The predicted molar refractivity (Wildman–Crippen MR) is 88.0 cm³/mol. The highest BCUT2D eigenvalue weighted by atomic mass is 16.6. The number of nitrogens with two attached hydrogens (primary N) is 1. The minimum atomic E-state index is -0.622. The zero-order chi connectivity index (χ0) is 17.5. The summed E-state index contributed by atoms with van der Waals surface area (Å²) in [5.41, 5.74) is 7.27. The highest BCUT2D eigenvalue weighted by Gasteiger charge is 2.12. The molecule has 0 unspecified atom stereocenters. The van der Waals surface area contributed by atoms with Gasteiger partial charge in [-0.3, -0.25) is 4.79 Å². The third-order valence-electron chi connectivity index (χ3n) is 3.32. The number of rotatable bonds is 7. The lowest BCUT2D eigenvalue weighted by atomic mass is 10.1. The summed E-state index contributed by atoms with van der Waals surface area (Å²) in [5.74, 6) is -0.287. The van der Waals surface area contributed by atoms with E-state index in [4.69, 9.17) is 19.9 Å². The molecule has 0 aliphatic rings. The van der Waals surface area contributed by atoms with Crippen LogP contribution in [0.1, 0.15) is 21.5 Å². The molecule has 2 aromatic rings. The number of ether oxygens (including phenoxy) is 3. The topological polar surface area (TPSA) is 87.8 Å². The quantitative estimate of drug-likeness (QED) is 0.787. The van der Waals surface area contributed by atoms with Gasteiger partial charge in [-0.2, -0.15) is 0 Å². The average Bonchev–Trinajstić information content (AvgIpc) is 2.58. The Morgan fingerprint density at radius 1 is 1.08 bits per heavy atom. The fourth-order valence-electron chi connectivity index (χ4n) is 2.15. The highest BCUT2D eigenvalue weighted by molar-refractivity contribution is 5.95. The molecule has 126 valence electrons. The van der Waals surface area contributed by atoms with Crippen LogP contribution in [0.4, 0.5) is 0 Å². The first-order chi connectivity index (χ1) is 11.5. The molecule has 0 saturated heterocycles. The number of para-hydroxylation sites is 1. The van der Waals surface area contributed by atoms with Crippen LogP contribution in [0.5, 0.6) is 11.5 Å². The summed E-state index contributed by atoms with van der Waals surface area (Å²) in [6.45, 7) is 1.69. The third-order valence-corrected chi connectivity index (χ3v) is 3.32. The number of methoxy groups -OCH3 is 1. The number of benzene rings is 2. The molecule has 0 bridgehead atoms. The fraction of sp³-hybridized carbons (Fsp3) is 0.222. The molecule has 0 heterocycles. The molecule has 2 aromatic carbocycles. The Hall–Kier alpha value is -3.02. The van der Waals surface area contributed by atoms with Gasteiger partial charge in [0.05, 0.1) is 12.7 Å². The van der Waals surface area contributed by atoms with E-state index in [1.807, 2.05) is 25.1 Å². The number of primary amides is 1. The summed E-state index contributed by atoms with van der Waals surface area (Å²) in [6.07, 6.45) is 0. The normalized spacial score (nSPS) is 10.1. The van der Waals surface area contributed by atoms with Crippen LogP contribution >= 0.6 is 0 Å². The van der Waals surface area contributed by atoms with Crippen LogP contribution in [-0.4, -0.2) is 25.6 Å². The lowest BCUT2D eigenvalue weighted by molar-refractivity contribution is -0.147. The van der Waals surface area contributed by atoms with Crippen LogP contribution < -0.4 is 15.2 Å². The van der Waals surface area contributed by atoms with Crippen molar-refractivity contribution in [1.82, 2.24) is 0 Å². The number of esters is 1. The van der Waals surface area contributed by atoms with Crippen molar-refractivity contribution in [2.45, 2.75) is 13.5 Å². The Kier molecular flexibility index (Phi) is 5.78. The third kappa shape index (κ3) is 4.49. The van der Waals surface area contributed by atoms with Crippen molar-refractivity contribution < 1.29 is 23.8 Å². The van der Waals surface area contributed by atoms with Crippen LogP contribution in [0.3, 0.4) is 0 Å². The van der Waals surface area contributed by atoms with E-state index < -0.39 is 11.9 Å². The minimum Gasteiger partial charge on any atom is -0.496 e. The van der Waals surface area contributed by atoms with Crippen LogP contribution in [0.25, 0.3) is 0 Å². The average molecular weight is 329 g/mol. The van der Waals surface area contributed by atoms with Crippen molar-refractivity contribution in [3.05, 3.63) is 59.2 Å². The Morgan fingerprint density at radius 2 is 1.83 bits per heavy atom. The standard InChI is InChI=1S/C18H19NO5/c1-12-7-8-15(22-2)13(9-12)10-24-17(20)11-23-16-6-4-3-5-14(16)18(19)21/h3-9H,10-11H2,1-2H3,(H2,19,21). The zero-order valence-corrected chi connectivity index (χ0v) is 13.6.